The number of amides is 8. The van der Waals surface area contributed by atoms with Gasteiger partial charge in [-0.1, -0.05) is 61.8 Å². The van der Waals surface area contributed by atoms with Crippen LogP contribution in [-0.4, -0.2) is 124 Å². The summed E-state index contributed by atoms with van der Waals surface area (Å²) < 4.78 is 0. The van der Waals surface area contributed by atoms with E-state index >= 15 is 0 Å². The highest BCUT2D eigenvalue weighted by atomic mass is 16.4. The second kappa shape index (κ2) is 25.4. The van der Waals surface area contributed by atoms with Gasteiger partial charge in [-0.3, -0.25) is 38.4 Å². The van der Waals surface area contributed by atoms with Crippen molar-refractivity contribution in [2.24, 2.45) is 40.9 Å². The molecule has 2 unspecified atom stereocenters. The summed E-state index contributed by atoms with van der Waals surface area (Å²) in [4.78, 5) is 114. The highest BCUT2D eigenvalue weighted by Crippen LogP contribution is 2.15. The zero-order valence-corrected chi connectivity index (χ0v) is 34.1. The van der Waals surface area contributed by atoms with Gasteiger partial charge in [-0.15, -0.1) is 0 Å². The van der Waals surface area contributed by atoms with Crippen LogP contribution in [0.2, 0.25) is 0 Å². The van der Waals surface area contributed by atoms with Gasteiger partial charge >= 0.3 is 5.97 Å². The Kier molecular flexibility index (Phi) is 23.2. The third kappa shape index (κ3) is 19.2. The third-order valence-corrected chi connectivity index (χ3v) is 9.14. The van der Waals surface area contributed by atoms with Gasteiger partial charge in [0.05, 0.1) is 37.6 Å². The SMILES string of the molecule is CC[C@H](C)[C@H](NC(=O)CC(O)C(CC(C)C)NC(=O)[C@H](CC(N)=O)NC(=O)[C@H](CCC(N)=O)NC(=O)[C@H](CO)NC(=O)[C@@H](N)C(C)C)C(=O)N[C@H](C(=O)O)C(C)C. The smallest absolute Gasteiger partial charge is 0.326 e. The molecule has 0 aromatic rings. The van der Waals surface area contributed by atoms with E-state index in [4.69, 9.17) is 17.2 Å². The van der Waals surface area contributed by atoms with Gasteiger partial charge in [-0.2, -0.15) is 0 Å². The summed E-state index contributed by atoms with van der Waals surface area (Å²) in [6.45, 7) is 12.6. The summed E-state index contributed by atoms with van der Waals surface area (Å²) in [6, 6.07) is -9.41. The summed E-state index contributed by atoms with van der Waals surface area (Å²) in [6.07, 6.45) is -3.26. The fourth-order valence-corrected chi connectivity index (χ4v) is 5.40. The first-order chi connectivity index (χ1) is 26.4. The van der Waals surface area contributed by atoms with Crippen LogP contribution in [0.25, 0.3) is 0 Å². The first kappa shape index (κ1) is 52.1. The van der Waals surface area contributed by atoms with Gasteiger partial charge in [-0.05, 0) is 36.5 Å². The molecule has 57 heavy (non-hydrogen) atoms. The van der Waals surface area contributed by atoms with Crippen LogP contribution < -0.4 is 49.1 Å². The van der Waals surface area contributed by atoms with E-state index in [-0.39, 0.29) is 18.3 Å². The predicted molar refractivity (Wildman–Crippen MR) is 206 cm³/mol. The first-order valence-electron chi connectivity index (χ1n) is 19.0. The Bertz CT molecular complexity index is 1410. The normalized spacial score (nSPS) is 16.1. The Morgan fingerprint density at radius 2 is 1.14 bits per heavy atom. The maximum Gasteiger partial charge on any atom is 0.326 e. The topological polar surface area (TPSA) is 365 Å². The van der Waals surface area contributed by atoms with Crippen molar-refractivity contribution in [3.63, 3.8) is 0 Å². The van der Waals surface area contributed by atoms with Gasteiger partial charge in [-0.25, -0.2) is 4.79 Å². The minimum atomic E-state index is -1.70. The molecule has 8 amide bonds. The van der Waals surface area contributed by atoms with Gasteiger partial charge in [0.1, 0.15) is 30.2 Å². The van der Waals surface area contributed by atoms with Gasteiger partial charge in [0.2, 0.25) is 47.3 Å². The van der Waals surface area contributed by atoms with E-state index in [0.717, 1.165) is 0 Å². The maximum atomic E-state index is 13.6. The fraction of sp³-hybridized carbons (Fsp3) is 0.750. The number of primary amides is 2. The molecule has 21 nitrogen and oxygen atoms in total. The minimum absolute atomic E-state index is 0.0907. The maximum absolute atomic E-state index is 13.6. The molecule has 0 aliphatic heterocycles. The van der Waals surface area contributed by atoms with Gasteiger partial charge in [0, 0.05) is 6.42 Å². The summed E-state index contributed by atoms with van der Waals surface area (Å²) in [5.41, 5.74) is 16.4. The number of carbonyl (C=O) groups is 9. The number of carbonyl (C=O) groups excluding carboxylic acids is 8. The number of carboxylic acids is 1. The Labute approximate surface area is 333 Å². The van der Waals surface area contributed by atoms with Crippen LogP contribution in [0.15, 0.2) is 0 Å². The van der Waals surface area contributed by atoms with Gasteiger partial charge in [0.25, 0.3) is 0 Å². The fourth-order valence-electron chi connectivity index (χ4n) is 5.40. The number of hydrogen-bond acceptors (Lipinski definition) is 12. The molecule has 15 N–H and O–H groups in total. The van der Waals surface area contributed by atoms with Gasteiger partial charge < -0.3 is 64.4 Å². The molecule has 0 bridgehead atoms. The van der Waals surface area contributed by atoms with Crippen LogP contribution in [0.5, 0.6) is 0 Å². The summed E-state index contributed by atoms with van der Waals surface area (Å²) >= 11 is 0. The molecule has 0 saturated heterocycles. The number of aliphatic hydroxyl groups is 2. The van der Waals surface area contributed by atoms with Crippen LogP contribution in [0.3, 0.4) is 0 Å². The molecule has 0 aliphatic carbocycles. The lowest BCUT2D eigenvalue weighted by Crippen LogP contribution is -2.60. The first-order valence-corrected chi connectivity index (χ1v) is 19.0. The second-order valence-electron chi connectivity index (χ2n) is 15.3. The standard InChI is InChI=1S/C36H65N9O12/c1-9-19(8)30(35(55)45-29(18(6)7)36(56)57)44-27(50)14-24(47)21(12-16(2)3)41-32(52)22(13-26(38)49)42-31(51)20(10-11-25(37)48)40-33(53)23(15-46)43-34(54)28(39)17(4)5/h16-24,28-30,46-47H,9-15,39H2,1-8H3,(H2,37,48)(H2,38,49)(H,40,53)(H,41,52)(H,42,51)(H,43,54)(H,44,50)(H,45,55)(H,56,57)/t19-,20-,21?,22-,23-,24?,28-,29-,30-/m0/s1. The lowest BCUT2D eigenvalue weighted by Gasteiger charge is -2.30. The molecule has 0 aromatic heterocycles. The van der Waals surface area contributed by atoms with Crippen molar-refractivity contribution in [1.29, 1.82) is 0 Å². The van der Waals surface area contributed by atoms with Crippen LogP contribution in [0.1, 0.15) is 93.9 Å². The van der Waals surface area contributed by atoms with E-state index < -0.39 is 146 Å². The molecule has 9 atom stereocenters. The number of nitrogens with two attached hydrogens (primary N) is 3. The average Bonchev–Trinajstić information content (AvgIpc) is 3.10. The summed E-state index contributed by atoms with van der Waals surface area (Å²) in [5.74, 6) is -9.96. The molecule has 326 valence electrons. The largest absolute Gasteiger partial charge is 0.480 e. The summed E-state index contributed by atoms with van der Waals surface area (Å²) in [7, 11) is 0. The van der Waals surface area contributed by atoms with Crippen molar-refractivity contribution in [3.8, 4) is 0 Å². The molecular formula is C36H65N9O12. The van der Waals surface area contributed by atoms with Crippen LogP contribution >= 0.6 is 0 Å². The van der Waals surface area contributed by atoms with E-state index in [2.05, 4.69) is 31.9 Å². The molecule has 0 spiro atoms. The second-order valence-corrected chi connectivity index (χ2v) is 15.3. The van der Waals surface area contributed by atoms with E-state index in [1.165, 1.54) is 0 Å². The Morgan fingerprint density at radius 3 is 1.60 bits per heavy atom. The third-order valence-electron chi connectivity index (χ3n) is 9.14. The number of aliphatic hydroxyl groups excluding tert-OH is 2. The Morgan fingerprint density at radius 1 is 0.614 bits per heavy atom. The zero-order chi connectivity index (χ0) is 44.3. The number of aliphatic carboxylic acids is 1. The molecule has 0 saturated carbocycles. The molecule has 0 fully saturated rings. The van der Waals surface area contributed by atoms with Crippen LogP contribution in [-0.2, 0) is 43.2 Å². The number of nitrogens with one attached hydrogen (secondary N) is 6. The van der Waals surface area contributed by atoms with Crippen molar-refractivity contribution >= 4 is 53.2 Å². The van der Waals surface area contributed by atoms with Crippen molar-refractivity contribution in [1.82, 2.24) is 31.9 Å². The number of rotatable bonds is 27. The van der Waals surface area contributed by atoms with E-state index in [9.17, 15) is 58.5 Å². The molecular weight excluding hydrogens is 750 g/mol. The molecule has 0 aliphatic rings. The van der Waals surface area contributed by atoms with E-state index in [1.54, 1.807) is 55.4 Å². The molecule has 0 aromatic carbocycles. The van der Waals surface area contributed by atoms with Gasteiger partial charge in [0.15, 0.2) is 0 Å². The molecule has 21 heteroatoms. The van der Waals surface area contributed by atoms with Crippen molar-refractivity contribution in [2.45, 2.75) is 142 Å². The lowest BCUT2D eigenvalue weighted by atomic mass is 9.94. The van der Waals surface area contributed by atoms with E-state index in [1.807, 2.05) is 0 Å². The quantitative estimate of drug-likeness (QED) is 0.0385. The van der Waals surface area contributed by atoms with Crippen molar-refractivity contribution in [3.05, 3.63) is 0 Å². The van der Waals surface area contributed by atoms with Crippen LogP contribution in [0.4, 0.5) is 0 Å². The van der Waals surface area contributed by atoms with Crippen molar-refractivity contribution in [2.75, 3.05) is 6.61 Å². The Hall–Kier alpha value is -4.89. The summed E-state index contributed by atoms with van der Waals surface area (Å²) in [5, 5.41) is 44.9. The lowest BCUT2D eigenvalue weighted by molar-refractivity contribution is -0.144. The predicted octanol–water partition coefficient (Wildman–Crippen LogP) is -3.40. The molecule has 0 radical (unpaired) electrons. The Balaban J connectivity index is 6.21. The highest BCUT2D eigenvalue weighted by molar-refractivity contribution is 5.96. The molecule has 0 heterocycles. The number of hydrogen-bond donors (Lipinski definition) is 12. The highest BCUT2D eigenvalue weighted by Gasteiger charge is 2.35. The monoisotopic (exact) mass is 815 g/mol. The van der Waals surface area contributed by atoms with Crippen LogP contribution in [0, 0.1) is 23.7 Å². The number of carboxylic acid groups (broad SMARTS) is 1. The van der Waals surface area contributed by atoms with Crippen molar-refractivity contribution < 1.29 is 58.5 Å². The van der Waals surface area contributed by atoms with E-state index in [0.29, 0.717) is 6.42 Å². The average molecular weight is 816 g/mol. The minimum Gasteiger partial charge on any atom is -0.480 e. The molecule has 0 rings (SSSR count). The zero-order valence-electron chi connectivity index (χ0n) is 34.1.